The SMILES string of the molecule is C/C(=C\O/C(=C\C(=O)C(C)(C)C)C(C)(C)C)c1ccccc1-c1nccc2c1ccc1c3cc(CC(C)C)ccc3ccc21. The molecule has 44 heavy (non-hydrogen) atoms. The molecule has 0 saturated heterocycles. The predicted octanol–water partition coefficient (Wildman–Crippen LogP) is 11.3. The molecule has 0 aliphatic heterocycles. The molecular formula is C41H45NO2. The van der Waals surface area contributed by atoms with Gasteiger partial charge in [0, 0.05) is 34.1 Å². The molecule has 0 unspecified atom stereocenters. The Bertz CT molecular complexity index is 1930. The first-order chi connectivity index (χ1) is 20.7. The Morgan fingerprint density at radius 2 is 1.43 bits per heavy atom. The van der Waals surface area contributed by atoms with Crippen molar-refractivity contribution in [1.29, 1.82) is 0 Å². The van der Waals surface area contributed by atoms with E-state index in [2.05, 4.69) is 101 Å². The Kier molecular flexibility index (Phi) is 8.53. The van der Waals surface area contributed by atoms with Gasteiger partial charge in [0.05, 0.1) is 12.0 Å². The second-order valence-corrected chi connectivity index (χ2v) is 14.5. The van der Waals surface area contributed by atoms with Gasteiger partial charge in [0.1, 0.15) is 5.76 Å². The number of nitrogens with zero attached hydrogens (tertiary/aromatic N) is 1. The zero-order valence-electron chi connectivity index (χ0n) is 27.7. The Hall–Kier alpha value is -4.24. The summed E-state index contributed by atoms with van der Waals surface area (Å²) >= 11 is 0. The number of aromatic nitrogens is 1. The van der Waals surface area contributed by atoms with E-state index in [1.807, 2.05) is 40.0 Å². The van der Waals surface area contributed by atoms with Crippen LogP contribution >= 0.6 is 0 Å². The van der Waals surface area contributed by atoms with Crippen molar-refractivity contribution in [2.45, 2.75) is 68.7 Å². The molecule has 0 amide bonds. The summed E-state index contributed by atoms with van der Waals surface area (Å²) in [6, 6.07) is 26.3. The summed E-state index contributed by atoms with van der Waals surface area (Å²) < 4.78 is 6.26. The van der Waals surface area contributed by atoms with Crippen molar-refractivity contribution in [2.24, 2.45) is 16.7 Å². The monoisotopic (exact) mass is 583 g/mol. The van der Waals surface area contributed by atoms with Crippen molar-refractivity contribution < 1.29 is 9.53 Å². The van der Waals surface area contributed by atoms with Gasteiger partial charge in [-0.3, -0.25) is 9.78 Å². The van der Waals surface area contributed by atoms with E-state index in [1.54, 1.807) is 12.3 Å². The van der Waals surface area contributed by atoms with Gasteiger partial charge in [-0.15, -0.1) is 0 Å². The standard InChI is InChI=1S/C41H45NO2/c1-26(2)22-28-14-15-29-16-17-31-32(36(29)23-28)18-19-35-33(31)20-21-42-39(35)34-13-11-10-12-30(34)27(3)25-44-38(41(7,8)9)24-37(43)40(4,5)6/h10-21,23-26H,22H2,1-9H3/b27-25+,38-24-. The number of carbonyl (C=O) groups is 1. The number of hydrogen-bond donors (Lipinski definition) is 0. The number of ether oxygens (including phenoxy) is 1. The maximum absolute atomic E-state index is 12.8. The highest BCUT2D eigenvalue weighted by Crippen LogP contribution is 2.38. The molecule has 0 bridgehead atoms. The fraction of sp³-hybridized carbons (Fsp3) is 0.317. The van der Waals surface area contributed by atoms with Crippen molar-refractivity contribution >= 4 is 43.7 Å². The third-order valence-electron chi connectivity index (χ3n) is 8.18. The zero-order valence-corrected chi connectivity index (χ0v) is 27.7. The topological polar surface area (TPSA) is 39.2 Å². The molecule has 4 aromatic carbocycles. The largest absolute Gasteiger partial charge is 0.468 e. The number of rotatable bonds is 7. The lowest BCUT2D eigenvalue weighted by Gasteiger charge is -2.23. The molecule has 5 aromatic rings. The van der Waals surface area contributed by atoms with Crippen LogP contribution in [0.2, 0.25) is 0 Å². The van der Waals surface area contributed by atoms with Crippen LogP contribution < -0.4 is 0 Å². The highest BCUT2D eigenvalue weighted by molar-refractivity contribution is 6.19. The average Bonchev–Trinajstić information content (AvgIpc) is 2.96. The van der Waals surface area contributed by atoms with E-state index in [0.717, 1.165) is 34.2 Å². The van der Waals surface area contributed by atoms with Crippen LogP contribution in [0.15, 0.2) is 97.1 Å². The minimum atomic E-state index is -0.474. The Balaban J connectivity index is 1.60. The summed E-state index contributed by atoms with van der Waals surface area (Å²) in [6.07, 6.45) is 6.42. The van der Waals surface area contributed by atoms with Crippen LogP contribution in [-0.4, -0.2) is 10.8 Å². The van der Waals surface area contributed by atoms with Crippen LogP contribution in [0.4, 0.5) is 0 Å². The van der Waals surface area contributed by atoms with E-state index in [-0.39, 0.29) is 11.2 Å². The third kappa shape index (κ3) is 6.48. The van der Waals surface area contributed by atoms with Crippen LogP contribution in [0.25, 0.3) is 49.1 Å². The van der Waals surface area contributed by atoms with Gasteiger partial charge in [-0.05, 0) is 69.0 Å². The van der Waals surface area contributed by atoms with Gasteiger partial charge in [0.2, 0.25) is 0 Å². The van der Waals surface area contributed by atoms with Gasteiger partial charge in [0.15, 0.2) is 5.78 Å². The van der Waals surface area contributed by atoms with Crippen molar-refractivity contribution in [1.82, 2.24) is 4.98 Å². The summed E-state index contributed by atoms with van der Waals surface area (Å²) in [6.45, 7) is 18.5. The molecule has 0 aliphatic carbocycles. The minimum Gasteiger partial charge on any atom is -0.468 e. The van der Waals surface area contributed by atoms with Crippen molar-refractivity contribution in [3.05, 3.63) is 108 Å². The van der Waals surface area contributed by atoms with Gasteiger partial charge >= 0.3 is 0 Å². The molecule has 1 aromatic heterocycles. The number of ketones is 1. The van der Waals surface area contributed by atoms with E-state index < -0.39 is 5.41 Å². The first-order valence-electron chi connectivity index (χ1n) is 15.7. The smallest absolute Gasteiger partial charge is 0.164 e. The van der Waals surface area contributed by atoms with Gasteiger partial charge in [-0.2, -0.15) is 0 Å². The quantitative estimate of drug-likeness (QED) is 0.109. The van der Waals surface area contributed by atoms with E-state index >= 15 is 0 Å². The lowest BCUT2D eigenvalue weighted by atomic mass is 9.86. The van der Waals surface area contributed by atoms with E-state index in [0.29, 0.717) is 11.7 Å². The molecule has 0 saturated carbocycles. The number of allylic oxidation sites excluding steroid dienone is 3. The van der Waals surface area contributed by atoms with Crippen LogP contribution in [-0.2, 0) is 16.0 Å². The van der Waals surface area contributed by atoms with Gasteiger partial charge in [-0.25, -0.2) is 0 Å². The second kappa shape index (κ2) is 12.0. The van der Waals surface area contributed by atoms with Crippen LogP contribution in [0, 0.1) is 16.7 Å². The highest BCUT2D eigenvalue weighted by Gasteiger charge is 2.25. The molecule has 0 aliphatic rings. The zero-order chi connectivity index (χ0) is 31.8. The number of hydrogen-bond acceptors (Lipinski definition) is 3. The van der Waals surface area contributed by atoms with Gasteiger partial charge in [-0.1, -0.05) is 122 Å². The maximum atomic E-state index is 12.8. The Morgan fingerprint density at radius 3 is 2.14 bits per heavy atom. The minimum absolute atomic E-state index is 0.0463. The summed E-state index contributed by atoms with van der Waals surface area (Å²) in [5.74, 6) is 1.31. The normalized spacial score (nSPS) is 13.3. The summed E-state index contributed by atoms with van der Waals surface area (Å²) in [4.78, 5) is 17.8. The molecule has 5 rings (SSSR count). The Morgan fingerprint density at radius 1 is 0.795 bits per heavy atom. The van der Waals surface area contributed by atoms with Crippen LogP contribution in [0.1, 0.15) is 73.4 Å². The molecule has 0 radical (unpaired) electrons. The number of benzene rings is 4. The third-order valence-corrected chi connectivity index (χ3v) is 8.18. The van der Waals surface area contributed by atoms with E-state index in [1.165, 1.54) is 32.5 Å². The molecule has 0 spiro atoms. The first kappa shape index (κ1) is 31.2. The van der Waals surface area contributed by atoms with E-state index in [9.17, 15) is 4.79 Å². The summed E-state index contributed by atoms with van der Waals surface area (Å²) in [5.41, 5.74) is 4.56. The predicted molar refractivity (Wildman–Crippen MR) is 187 cm³/mol. The fourth-order valence-corrected chi connectivity index (χ4v) is 5.67. The van der Waals surface area contributed by atoms with E-state index in [4.69, 9.17) is 9.72 Å². The molecular weight excluding hydrogens is 538 g/mol. The molecule has 226 valence electrons. The maximum Gasteiger partial charge on any atom is 0.164 e. The molecule has 3 nitrogen and oxygen atoms in total. The highest BCUT2D eigenvalue weighted by atomic mass is 16.5. The molecule has 3 heteroatoms. The van der Waals surface area contributed by atoms with Crippen molar-refractivity contribution in [3.8, 4) is 11.3 Å². The molecule has 0 atom stereocenters. The van der Waals surface area contributed by atoms with Crippen molar-refractivity contribution in [3.63, 3.8) is 0 Å². The number of carbonyl (C=O) groups excluding carboxylic acids is 1. The lowest BCUT2D eigenvalue weighted by Crippen LogP contribution is -2.21. The van der Waals surface area contributed by atoms with Crippen molar-refractivity contribution in [2.75, 3.05) is 0 Å². The molecule has 0 fully saturated rings. The lowest BCUT2D eigenvalue weighted by molar-refractivity contribution is -0.121. The summed E-state index contributed by atoms with van der Waals surface area (Å²) in [7, 11) is 0. The fourth-order valence-electron chi connectivity index (χ4n) is 5.67. The average molecular weight is 584 g/mol. The number of pyridine rings is 1. The van der Waals surface area contributed by atoms with Gasteiger partial charge in [0.25, 0.3) is 0 Å². The Labute approximate surface area is 262 Å². The summed E-state index contributed by atoms with van der Waals surface area (Å²) in [5, 5.41) is 7.36. The molecule has 0 N–H and O–H groups in total. The van der Waals surface area contributed by atoms with Gasteiger partial charge < -0.3 is 4.74 Å². The first-order valence-corrected chi connectivity index (χ1v) is 15.7. The van der Waals surface area contributed by atoms with Crippen LogP contribution in [0.5, 0.6) is 0 Å². The molecule has 1 heterocycles. The second-order valence-electron chi connectivity index (χ2n) is 14.5. The number of fused-ring (bicyclic) bond motifs is 5. The van der Waals surface area contributed by atoms with Crippen LogP contribution in [0.3, 0.4) is 0 Å².